The zero-order valence-corrected chi connectivity index (χ0v) is 18.9. The van der Waals surface area contributed by atoms with Crippen molar-refractivity contribution in [3.05, 3.63) is 87.3 Å². The number of hydrogen-bond acceptors (Lipinski definition) is 3. The summed E-state index contributed by atoms with van der Waals surface area (Å²) >= 11 is 6.20. The number of aromatic nitrogens is 3. The molecule has 0 radical (unpaired) electrons. The summed E-state index contributed by atoms with van der Waals surface area (Å²) in [5.41, 5.74) is 4.65. The number of pyridine rings is 1. The van der Waals surface area contributed by atoms with E-state index >= 15 is 0 Å². The molecule has 5 nitrogen and oxygen atoms in total. The number of fused-ring (bicyclic) bond motifs is 1. The van der Waals surface area contributed by atoms with Crippen LogP contribution < -0.4 is 5.32 Å². The Hall–Kier alpha value is -3.32. The lowest BCUT2D eigenvalue weighted by Gasteiger charge is -2.11. The molecule has 0 unspecified atom stereocenters. The molecule has 8 heteroatoms. The third-order valence-electron chi connectivity index (χ3n) is 5.97. The Morgan fingerprint density at radius 3 is 2.64 bits per heavy atom. The molecule has 4 aromatic rings. The summed E-state index contributed by atoms with van der Waals surface area (Å²) in [6.45, 7) is 3.87. The maximum absolute atomic E-state index is 13.6. The summed E-state index contributed by atoms with van der Waals surface area (Å²) in [7, 11) is 0. The third-order valence-corrected chi connectivity index (χ3v) is 6.20. The smallest absolute Gasteiger partial charge is 0.256 e. The molecular formula is C25H21ClF2N4O. The van der Waals surface area contributed by atoms with Crippen LogP contribution in [0.25, 0.3) is 10.9 Å². The predicted molar refractivity (Wildman–Crippen MR) is 124 cm³/mol. The number of carbonyl (C=O) groups is 1. The van der Waals surface area contributed by atoms with Crippen LogP contribution in [0.1, 0.15) is 51.8 Å². The van der Waals surface area contributed by atoms with Crippen LogP contribution in [0.2, 0.25) is 5.02 Å². The number of nitrogens with zero attached hydrogens (tertiary/aromatic N) is 3. The van der Waals surface area contributed by atoms with Crippen LogP contribution in [0.5, 0.6) is 0 Å². The molecule has 1 aliphatic rings. The molecule has 2 heterocycles. The van der Waals surface area contributed by atoms with Gasteiger partial charge in [-0.2, -0.15) is 5.10 Å². The van der Waals surface area contributed by atoms with E-state index in [2.05, 4.69) is 10.4 Å². The van der Waals surface area contributed by atoms with E-state index in [1.165, 1.54) is 6.07 Å². The van der Waals surface area contributed by atoms with Gasteiger partial charge in [0.15, 0.2) is 11.6 Å². The van der Waals surface area contributed by atoms with Crippen molar-refractivity contribution in [1.29, 1.82) is 0 Å². The third kappa shape index (κ3) is 4.20. The van der Waals surface area contributed by atoms with Crippen molar-refractivity contribution < 1.29 is 13.6 Å². The Balaban J connectivity index is 1.47. The van der Waals surface area contributed by atoms with Crippen LogP contribution in [0.3, 0.4) is 0 Å². The molecule has 1 amide bonds. The van der Waals surface area contributed by atoms with Crippen molar-refractivity contribution in [2.45, 2.75) is 39.2 Å². The molecule has 2 aromatic heterocycles. The average Bonchev–Trinajstić information content (AvgIpc) is 3.60. The van der Waals surface area contributed by atoms with Crippen molar-refractivity contribution in [3.63, 3.8) is 0 Å². The molecule has 0 bridgehead atoms. The quantitative estimate of drug-likeness (QED) is 0.383. The molecule has 33 heavy (non-hydrogen) atoms. The van der Waals surface area contributed by atoms with Gasteiger partial charge in [-0.05, 0) is 68.7 Å². The standard InChI is InChI=1S/C25H21ClF2N4O/c1-13-24(14(2)32(31-13)12-15-3-7-20(27)21(28)9-15)30-25(33)19-11-23(16-4-5-16)29-22-8-6-17(26)10-18(19)22/h3,6-11,16H,4-5,12H2,1-2H3,(H,30,33). The predicted octanol–water partition coefficient (Wildman–Crippen LogP) is 6.16. The fourth-order valence-corrected chi connectivity index (χ4v) is 4.19. The highest BCUT2D eigenvalue weighted by Crippen LogP contribution is 2.40. The van der Waals surface area contributed by atoms with Gasteiger partial charge >= 0.3 is 0 Å². The van der Waals surface area contributed by atoms with Crippen molar-refractivity contribution in [2.24, 2.45) is 0 Å². The Labute approximate surface area is 194 Å². The number of hydrogen-bond donors (Lipinski definition) is 1. The molecular weight excluding hydrogens is 446 g/mol. The lowest BCUT2D eigenvalue weighted by Crippen LogP contribution is -2.15. The van der Waals surface area contributed by atoms with Crippen LogP contribution in [0, 0.1) is 25.5 Å². The highest BCUT2D eigenvalue weighted by molar-refractivity contribution is 6.31. The second-order valence-electron chi connectivity index (χ2n) is 8.44. The first-order valence-corrected chi connectivity index (χ1v) is 11.1. The SMILES string of the molecule is Cc1nn(Cc2ccc(F)c(F)c2)c(C)c1NC(=O)c1cc(C2CC2)nc2ccc(Cl)cc12. The highest BCUT2D eigenvalue weighted by Gasteiger charge is 2.27. The second kappa shape index (κ2) is 8.23. The van der Waals surface area contributed by atoms with Gasteiger partial charge in [-0.3, -0.25) is 14.5 Å². The van der Waals surface area contributed by atoms with Gasteiger partial charge in [0.25, 0.3) is 5.91 Å². The number of amides is 1. The van der Waals surface area contributed by atoms with Gasteiger partial charge in [0, 0.05) is 22.0 Å². The fraction of sp³-hybridized carbons (Fsp3) is 0.240. The van der Waals surface area contributed by atoms with Gasteiger partial charge in [-0.1, -0.05) is 17.7 Å². The summed E-state index contributed by atoms with van der Waals surface area (Å²) in [6.07, 6.45) is 2.14. The molecule has 0 atom stereocenters. The minimum absolute atomic E-state index is 0.249. The summed E-state index contributed by atoms with van der Waals surface area (Å²) in [5, 5.41) is 8.70. The lowest BCUT2D eigenvalue weighted by atomic mass is 10.0. The number of rotatable bonds is 5. The van der Waals surface area contributed by atoms with Crippen LogP contribution in [0.15, 0.2) is 42.5 Å². The summed E-state index contributed by atoms with van der Waals surface area (Å²) in [6, 6.07) is 11.0. The number of nitrogens with one attached hydrogen (secondary N) is 1. The van der Waals surface area contributed by atoms with Gasteiger partial charge < -0.3 is 5.32 Å². The molecule has 0 saturated heterocycles. The van der Waals surface area contributed by atoms with Crippen LogP contribution in [-0.4, -0.2) is 20.7 Å². The van der Waals surface area contributed by atoms with Crippen molar-refractivity contribution >= 4 is 34.1 Å². The Morgan fingerprint density at radius 2 is 1.91 bits per heavy atom. The fourth-order valence-electron chi connectivity index (χ4n) is 4.02. The van der Waals surface area contributed by atoms with E-state index in [9.17, 15) is 13.6 Å². The number of aryl methyl sites for hydroxylation is 1. The number of anilines is 1. The first-order valence-electron chi connectivity index (χ1n) is 10.7. The normalized spacial score (nSPS) is 13.5. The van der Waals surface area contributed by atoms with Gasteiger partial charge in [0.05, 0.1) is 34.7 Å². The van der Waals surface area contributed by atoms with Gasteiger partial charge in [-0.15, -0.1) is 0 Å². The molecule has 1 fully saturated rings. The minimum atomic E-state index is -0.905. The molecule has 1 saturated carbocycles. The Kier molecular flexibility index (Phi) is 5.37. The highest BCUT2D eigenvalue weighted by atomic mass is 35.5. The molecule has 5 rings (SSSR count). The van der Waals surface area contributed by atoms with E-state index in [4.69, 9.17) is 16.6 Å². The number of halogens is 3. The zero-order valence-electron chi connectivity index (χ0n) is 18.1. The summed E-state index contributed by atoms with van der Waals surface area (Å²) < 4.78 is 28.5. The zero-order chi connectivity index (χ0) is 23.3. The molecule has 168 valence electrons. The molecule has 1 N–H and O–H groups in total. The van der Waals surface area contributed by atoms with E-state index in [1.54, 1.807) is 23.7 Å². The monoisotopic (exact) mass is 466 g/mol. The molecule has 2 aromatic carbocycles. The molecule has 0 spiro atoms. The molecule has 0 aliphatic heterocycles. The van der Waals surface area contributed by atoms with Crippen molar-refractivity contribution in [1.82, 2.24) is 14.8 Å². The van der Waals surface area contributed by atoms with Crippen molar-refractivity contribution in [3.8, 4) is 0 Å². The van der Waals surface area contributed by atoms with Crippen LogP contribution in [-0.2, 0) is 6.54 Å². The van der Waals surface area contributed by atoms with Crippen LogP contribution >= 0.6 is 11.6 Å². The second-order valence-corrected chi connectivity index (χ2v) is 8.87. The van der Waals surface area contributed by atoms with Gasteiger partial charge in [0.1, 0.15) is 0 Å². The van der Waals surface area contributed by atoms with E-state index in [0.29, 0.717) is 44.5 Å². The Morgan fingerprint density at radius 1 is 1.12 bits per heavy atom. The number of carbonyl (C=O) groups excluding carboxylic acids is 1. The first-order chi connectivity index (χ1) is 15.8. The van der Waals surface area contributed by atoms with Gasteiger partial charge in [-0.25, -0.2) is 8.78 Å². The van der Waals surface area contributed by atoms with Crippen molar-refractivity contribution in [2.75, 3.05) is 5.32 Å². The summed E-state index contributed by atoms with van der Waals surface area (Å²) in [4.78, 5) is 18.1. The number of benzene rings is 2. The Bertz CT molecular complexity index is 1410. The maximum Gasteiger partial charge on any atom is 0.256 e. The van der Waals surface area contributed by atoms with E-state index < -0.39 is 11.6 Å². The first kappa shape index (κ1) is 21.5. The maximum atomic E-state index is 13.6. The summed E-state index contributed by atoms with van der Waals surface area (Å²) in [5.74, 6) is -1.68. The van der Waals surface area contributed by atoms with E-state index in [1.807, 2.05) is 19.1 Å². The van der Waals surface area contributed by atoms with E-state index in [0.717, 1.165) is 36.2 Å². The molecule has 1 aliphatic carbocycles. The van der Waals surface area contributed by atoms with E-state index in [-0.39, 0.29) is 12.5 Å². The lowest BCUT2D eigenvalue weighted by molar-refractivity contribution is 0.102. The van der Waals surface area contributed by atoms with Gasteiger partial charge in [0.2, 0.25) is 0 Å². The largest absolute Gasteiger partial charge is 0.319 e. The average molecular weight is 467 g/mol. The minimum Gasteiger partial charge on any atom is -0.319 e. The van der Waals surface area contributed by atoms with Crippen LogP contribution in [0.4, 0.5) is 14.5 Å². The topological polar surface area (TPSA) is 59.8 Å².